The average Bonchev–Trinajstić information content (AvgIpc) is 2.57. The summed E-state index contributed by atoms with van der Waals surface area (Å²) in [7, 11) is -2.96. The van der Waals surface area contributed by atoms with E-state index >= 15 is 0 Å². The molecular formula is C19H22O5S. The zero-order valence-corrected chi connectivity index (χ0v) is 15.2. The molecule has 134 valence electrons. The normalized spacial score (nSPS) is 12.9. The lowest BCUT2D eigenvalue weighted by Gasteiger charge is -2.24. The Morgan fingerprint density at radius 1 is 1.24 bits per heavy atom. The maximum Gasteiger partial charge on any atom is 0.147 e. The second kappa shape index (κ2) is 7.06. The third-order valence-corrected chi connectivity index (χ3v) is 5.23. The van der Waals surface area contributed by atoms with Gasteiger partial charge in [0, 0.05) is 17.4 Å². The van der Waals surface area contributed by atoms with E-state index in [-0.39, 0.29) is 12.4 Å². The first-order valence-electron chi connectivity index (χ1n) is 8.18. The van der Waals surface area contributed by atoms with Gasteiger partial charge in [0.05, 0.1) is 19.0 Å². The number of ether oxygens (including phenoxy) is 2. The number of aryl methyl sites for hydroxylation is 1. The highest BCUT2D eigenvalue weighted by molar-refractivity contribution is 7.90. The molecule has 1 aliphatic heterocycles. The summed E-state index contributed by atoms with van der Waals surface area (Å²) in [5, 5.41) is 9.37. The Balaban J connectivity index is 1.83. The van der Waals surface area contributed by atoms with Crippen molar-refractivity contribution in [3.63, 3.8) is 0 Å². The van der Waals surface area contributed by atoms with Crippen LogP contribution in [-0.2, 0) is 23.1 Å². The molecule has 0 radical (unpaired) electrons. The molecule has 0 saturated carbocycles. The van der Waals surface area contributed by atoms with Gasteiger partial charge < -0.3 is 14.6 Å². The lowest BCUT2D eigenvalue weighted by atomic mass is 9.91. The fraction of sp³-hybridized carbons (Fsp3) is 0.368. The van der Waals surface area contributed by atoms with Crippen LogP contribution in [0.4, 0.5) is 0 Å². The van der Waals surface area contributed by atoms with Crippen molar-refractivity contribution in [2.45, 2.75) is 26.6 Å². The Morgan fingerprint density at radius 3 is 2.76 bits per heavy atom. The summed E-state index contributed by atoms with van der Waals surface area (Å²) in [6.45, 7) is 2.83. The highest BCUT2D eigenvalue weighted by Crippen LogP contribution is 2.41. The topological polar surface area (TPSA) is 72.8 Å². The molecule has 0 aliphatic carbocycles. The second-order valence-corrected chi connectivity index (χ2v) is 8.64. The van der Waals surface area contributed by atoms with Crippen molar-refractivity contribution in [1.29, 1.82) is 0 Å². The summed E-state index contributed by atoms with van der Waals surface area (Å²) in [5.74, 6) is 1.65. The summed E-state index contributed by atoms with van der Waals surface area (Å²) in [4.78, 5) is 0. The van der Waals surface area contributed by atoms with E-state index in [1.165, 1.54) is 6.26 Å². The van der Waals surface area contributed by atoms with Crippen molar-refractivity contribution in [3.05, 3.63) is 47.0 Å². The molecule has 25 heavy (non-hydrogen) atoms. The average molecular weight is 362 g/mol. The fourth-order valence-corrected chi connectivity index (χ4v) is 3.71. The number of fused-ring (bicyclic) bond motifs is 3. The van der Waals surface area contributed by atoms with E-state index in [0.29, 0.717) is 19.6 Å². The van der Waals surface area contributed by atoms with E-state index in [2.05, 4.69) is 0 Å². The van der Waals surface area contributed by atoms with E-state index in [9.17, 15) is 13.5 Å². The number of benzene rings is 2. The van der Waals surface area contributed by atoms with Gasteiger partial charge in [0.15, 0.2) is 0 Å². The van der Waals surface area contributed by atoms with Gasteiger partial charge in [-0.25, -0.2) is 8.42 Å². The van der Waals surface area contributed by atoms with Crippen molar-refractivity contribution < 1.29 is 23.0 Å². The first-order chi connectivity index (χ1) is 11.9. The molecule has 1 N–H and O–H groups in total. The van der Waals surface area contributed by atoms with Gasteiger partial charge in [0.25, 0.3) is 0 Å². The van der Waals surface area contributed by atoms with E-state index in [4.69, 9.17) is 9.47 Å². The third kappa shape index (κ3) is 4.14. The molecule has 1 aliphatic rings. The Kier molecular flexibility index (Phi) is 5.01. The van der Waals surface area contributed by atoms with Crippen LogP contribution in [-0.4, -0.2) is 32.1 Å². The van der Waals surface area contributed by atoms with Crippen LogP contribution < -0.4 is 9.47 Å². The van der Waals surface area contributed by atoms with E-state index in [0.717, 1.165) is 39.3 Å². The van der Waals surface area contributed by atoms with Crippen molar-refractivity contribution in [2.24, 2.45) is 0 Å². The Hall–Kier alpha value is -2.05. The molecule has 6 heteroatoms. The molecule has 1 heterocycles. The zero-order chi connectivity index (χ0) is 18.0. The van der Waals surface area contributed by atoms with Gasteiger partial charge in [-0.2, -0.15) is 0 Å². The molecule has 0 bridgehead atoms. The first kappa shape index (κ1) is 17.8. The highest BCUT2D eigenvalue weighted by Gasteiger charge is 2.20. The molecule has 0 amide bonds. The lowest BCUT2D eigenvalue weighted by Crippen LogP contribution is -2.10. The van der Waals surface area contributed by atoms with Crippen LogP contribution in [0.1, 0.15) is 23.1 Å². The summed E-state index contributed by atoms with van der Waals surface area (Å²) in [6.07, 6.45) is 1.69. The summed E-state index contributed by atoms with van der Waals surface area (Å²) in [6, 6.07) is 9.60. The first-order valence-corrected chi connectivity index (χ1v) is 10.2. The quantitative estimate of drug-likeness (QED) is 0.800. The van der Waals surface area contributed by atoms with Crippen molar-refractivity contribution in [2.75, 3.05) is 18.6 Å². The largest absolute Gasteiger partial charge is 0.494 e. The SMILES string of the molecule is Cc1cc(OCCCS(C)(=O)=O)cc2c1-c1cc(CO)ccc1OC2. The number of hydrogen-bond donors (Lipinski definition) is 1. The van der Waals surface area contributed by atoms with Gasteiger partial charge in [-0.15, -0.1) is 0 Å². The van der Waals surface area contributed by atoms with Crippen LogP contribution in [0.15, 0.2) is 30.3 Å². The van der Waals surface area contributed by atoms with Crippen LogP contribution >= 0.6 is 0 Å². The number of hydrogen-bond acceptors (Lipinski definition) is 5. The number of rotatable bonds is 6. The van der Waals surface area contributed by atoms with Gasteiger partial charge in [-0.1, -0.05) is 6.07 Å². The van der Waals surface area contributed by atoms with Gasteiger partial charge in [0.1, 0.15) is 27.9 Å². The lowest BCUT2D eigenvalue weighted by molar-refractivity contribution is 0.280. The Morgan fingerprint density at radius 2 is 2.04 bits per heavy atom. The summed E-state index contributed by atoms with van der Waals surface area (Å²) < 4.78 is 33.9. The zero-order valence-electron chi connectivity index (χ0n) is 14.4. The summed E-state index contributed by atoms with van der Waals surface area (Å²) >= 11 is 0. The standard InChI is InChI=1S/C19H22O5S/c1-13-8-16(23-6-3-7-25(2,21)22)10-15-12-24-18-5-4-14(11-20)9-17(18)19(13)15/h4-5,8-10,20H,3,6-7,11-12H2,1-2H3. The highest BCUT2D eigenvalue weighted by atomic mass is 32.2. The molecule has 0 atom stereocenters. The second-order valence-electron chi connectivity index (χ2n) is 6.38. The van der Waals surface area contributed by atoms with Gasteiger partial charge >= 0.3 is 0 Å². The van der Waals surface area contributed by atoms with Gasteiger partial charge in [-0.05, 0) is 54.3 Å². The molecule has 0 unspecified atom stereocenters. The maximum atomic E-state index is 11.2. The van der Waals surface area contributed by atoms with Crippen LogP contribution in [0, 0.1) is 6.92 Å². The minimum Gasteiger partial charge on any atom is -0.494 e. The monoisotopic (exact) mass is 362 g/mol. The third-order valence-electron chi connectivity index (χ3n) is 4.20. The van der Waals surface area contributed by atoms with E-state index < -0.39 is 9.84 Å². The minimum atomic E-state index is -2.96. The van der Waals surface area contributed by atoms with Crippen molar-refractivity contribution in [3.8, 4) is 22.6 Å². The molecular weight excluding hydrogens is 340 g/mol. The Bertz CT molecular complexity index is 887. The molecule has 0 saturated heterocycles. The molecule has 0 fully saturated rings. The smallest absolute Gasteiger partial charge is 0.147 e. The molecule has 5 nitrogen and oxygen atoms in total. The molecule has 2 aromatic rings. The predicted octanol–water partition coefficient (Wildman–Crippen LogP) is 2.86. The maximum absolute atomic E-state index is 11.2. The molecule has 2 aromatic carbocycles. The Labute approximate surface area is 148 Å². The van der Waals surface area contributed by atoms with Gasteiger partial charge in [-0.3, -0.25) is 0 Å². The van der Waals surface area contributed by atoms with Crippen LogP contribution in [0.25, 0.3) is 11.1 Å². The number of aliphatic hydroxyl groups excluding tert-OH is 1. The number of aliphatic hydroxyl groups is 1. The predicted molar refractivity (Wildman–Crippen MR) is 96.7 cm³/mol. The van der Waals surface area contributed by atoms with Crippen molar-refractivity contribution in [1.82, 2.24) is 0 Å². The van der Waals surface area contributed by atoms with Gasteiger partial charge in [0.2, 0.25) is 0 Å². The fourth-order valence-electron chi connectivity index (χ4n) is 3.07. The summed E-state index contributed by atoms with van der Waals surface area (Å²) in [5.41, 5.74) is 5.03. The van der Waals surface area contributed by atoms with Crippen molar-refractivity contribution >= 4 is 9.84 Å². The van der Waals surface area contributed by atoms with E-state index in [1.54, 1.807) is 0 Å². The van der Waals surface area contributed by atoms with Crippen LogP contribution in [0.3, 0.4) is 0 Å². The van der Waals surface area contributed by atoms with E-state index in [1.807, 2.05) is 37.3 Å². The molecule has 0 spiro atoms. The molecule has 0 aromatic heterocycles. The van der Waals surface area contributed by atoms with Crippen LogP contribution in [0.5, 0.6) is 11.5 Å². The molecule has 3 rings (SSSR count). The minimum absolute atomic E-state index is 0.0107. The number of sulfone groups is 1. The van der Waals surface area contributed by atoms with Crippen LogP contribution in [0.2, 0.25) is 0 Å².